The van der Waals surface area contributed by atoms with E-state index in [0.29, 0.717) is 5.92 Å². The van der Waals surface area contributed by atoms with Crippen molar-refractivity contribution < 1.29 is 0 Å². The molecule has 1 saturated carbocycles. The van der Waals surface area contributed by atoms with Crippen molar-refractivity contribution in [2.45, 2.75) is 64.8 Å². The average molecular weight is 417 g/mol. The third-order valence-electron chi connectivity index (χ3n) is 5.00. The monoisotopic (exact) mass is 415 g/mol. The lowest BCUT2D eigenvalue weighted by atomic mass is 9.75. The average Bonchev–Trinajstić information content (AvgIpc) is 2.48. The van der Waals surface area contributed by atoms with Gasteiger partial charge in [-0.1, -0.05) is 70.9 Å². The second kappa shape index (κ2) is 8.12. The first-order valence-electron chi connectivity index (χ1n) is 8.24. The second-order valence-electron chi connectivity index (χ2n) is 6.57. The van der Waals surface area contributed by atoms with Crippen molar-refractivity contribution >= 4 is 31.9 Å². The highest BCUT2D eigenvalue weighted by molar-refractivity contribution is 9.11. The van der Waals surface area contributed by atoms with E-state index in [1.165, 1.54) is 56.1 Å². The van der Waals surface area contributed by atoms with E-state index in [2.05, 4.69) is 57.8 Å². The van der Waals surface area contributed by atoms with Gasteiger partial charge in [-0.15, -0.1) is 0 Å². The standard InChI is InChI=1S/C18H27Br2N/c1-3-4-5-13-6-8-14(9-7-13)18(21)15-11-16(19)12(2)10-17(15)20/h10-11,13-14,18H,3-9,21H2,1-2H3. The zero-order chi connectivity index (χ0) is 15.4. The van der Waals surface area contributed by atoms with E-state index in [0.717, 1.165) is 14.9 Å². The van der Waals surface area contributed by atoms with Crippen LogP contribution in [0.2, 0.25) is 0 Å². The summed E-state index contributed by atoms with van der Waals surface area (Å²) in [4.78, 5) is 0. The summed E-state index contributed by atoms with van der Waals surface area (Å²) in [6, 6.07) is 4.53. The lowest BCUT2D eigenvalue weighted by Gasteiger charge is -2.33. The predicted octanol–water partition coefficient (Wildman–Crippen LogP) is 6.52. The summed E-state index contributed by atoms with van der Waals surface area (Å²) in [7, 11) is 0. The minimum Gasteiger partial charge on any atom is -0.324 e. The molecule has 1 fully saturated rings. The summed E-state index contributed by atoms with van der Waals surface area (Å²) in [5.41, 5.74) is 9.09. The van der Waals surface area contributed by atoms with Gasteiger partial charge < -0.3 is 5.73 Å². The number of aryl methyl sites for hydroxylation is 1. The fourth-order valence-electron chi connectivity index (χ4n) is 3.50. The van der Waals surface area contributed by atoms with Crippen molar-refractivity contribution in [2.24, 2.45) is 17.6 Å². The molecule has 1 unspecified atom stereocenters. The molecule has 0 saturated heterocycles. The van der Waals surface area contributed by atoms with Crippen molar-refractivity contribution in [3.8, 4) is 0 Å². The molecule has 1 aromatic carbocycles. The van der Waals surface area contributed by atoms with Gasteiger partial charge in [0.05, 0.1) is 0 Å². The lowest BCUT2D eigenvalue weighted by molar-refractivity contribution is 0.232. The highest BCUT2D eigenvalue weighted by Crippen LogP contribution is 2.40. The molecule has 1 aromatic rings. The van der Waals surface area contributed by atoms with Gasteiger partial charge in [-0.25, -0.2) is 0 Å². The van der Waals surface area contributed by atoms with Gasteiger partial charge >= 0.3 is 0 Å². The van der Waals surface area contributed by atoms with Crippen LogP contribution in [-0.2, 0) is 0 Å². The van der Waals surface area contributed by atoms with Crippen LogP contribution in [0.1, 0.15) is 69.0 Å². The zero-order valence-corrected chi connectivity index (χ0v) is 16.3. The molecule has 21 heavy (non-hydrogen) atoms. The maximum absolute atomic E-state index is 6.58. The van der Waals surface area contributed by atoms with E-state index in [1.54, 1.807) is 0 Å². The summed E-state index contributed by atoms with van der Waals surface area (Å²) in [5.74, 6) is 1.58. The molecule has 0 bridgehead atoms. The number of unbranched alkanes of at least 4 members (excludes halogenated alkanes) is 1. The molecule has 0 aromatic heterocycles. The quantitative estimate of drug-likeness (QED) is 0.580. The molecule has 118 valence electrons. The van der Waals surface area contributed by atoms with Crippen LogP contribution >= 0.6 is 31.9 Å². The molecule has 1 aliphatic carbocycles. The van der Waals surface area contributed by atoms with Gasteiger partial charge in [0, 0.05) is 15.0 Å². The van der Waals surface area contributed by atoms with Crippen LogP contribution in [0.15, 0.2) is 21.1 Å². The second-order valence-corrected chi connectivity index (χ2v) is 8.28. The number of rotatable bonds is 5. The maximum Gasteiger partial charge on any atom is 0.0335 e. The van der Waals surface area contributed by atoms with Crippen LogP contribution in [0.4, 0.5) is 0 Å². The van der Waals surface area contributed by atoms with Gasteiger partial charge in [-0.05, 0) is 54.9 Å². The summed E-state index contributed by atoms with van der Waals surface area (Å²) < 4.78 is 2.32. The predicted molar refractivity (Wildman–Crippen MR) is 98.5 cm³/mol. The summed E-state index contributed by atoms with van der Waals surface area (Å²) in [6.07, 6.45) is 9.42. The summed E-state index contributed by atoms with van der Waals surface area (Å²) in [6.45, 7) is 4.40. The Hall–Kier alpha value is 0.140. The molecule has 0 heterocycles. The molecule has 0 spiro atoms. The number of halogens is 2. The Labute approximate surface area is 146 Å². The van der Waals surface area contributed by atoms with E-state index < -0.39 is 0 Å². The smallest absolute Gasteiger partial charge is 0.0335 e. The minimum atomic E-state index is 0.156. The Balaban J connectivity index is 1.99. The SMILES string of the molecule is CCCCC1CCC(C(N)c2cc(Br)c(C)cc2Br)CC1. The normalized spacial score (nSPS) is 24.0. The molecule has 1 atom stereocenters. The fourth-order valence-corrected chi connectivity index (χ4v) is 4.58. The molecule has 0 aliphatic heterocycles. The Kier molecular flexibility index (Phi) is 6.77. The molecule has 2 N–H and O–H groups in total. The van der Waals surface area contributed by atoms with Gasteiger partial charge in [0.15, 0.2) is 0 Å². The van der Waals surface area contributed by atoms with Gasteiger partial charge in [-0.3, -0.25) is 0 Å². The van der Waals surface area contributed by atoms with Gasteiger partial charge in [0.2, 0.25) is 0 Å². The Morgan fingerprint density at radius 1 is 1.14 bits per heavy atom. The van der Waals surface area contributed by atoms with Crippen molar-refractivity contribution in [2.75, 3.05) is 0 Å². The van der Waals surface area contributed by atoms with Crippen LogP contribution in [0.25, 0.3) is 0 Å². The van der Waals surface area contributed by atoms with E-state index in [-0.39, 0.29) is 6.04 Å². The van der Waals surface area contributed by atoms with E-state index in [9.17, 15) is 0 Å². The largest absolute Gasteiger partial charge is 0.324 e. The topological polar surface area (TPSA) is 26.0 Å². The molecular weight excluding hydrogens is 390 g/mol. The third kappa shape index (κ3) is 4.56. The summed E-state index contributed by atoms with van der Waals surface area (Å²) in [5, 5.41) is 0. The molecule has 1 aliphatic rings. The molecule has 3 heteroatoms. The summed E-state index contributed by atoms with van der Waals surface area (Å²) >= 11 is 7.33. The van der Waals surface area contributed by atoms with Crippen LogP contribution in [0.5, 0.6) is 0 Å². The first-order chi connectivity index (χ1) is 10.0. The Bertz CT molecular complexity index is 465. The number of hydrogen-bond acceptors (Lipinski definition) is 1. The Morgan fingerprint density at radius 2 is 1.81 bits per heavy atom. The number of benzene rings is 1. The van der Waals surface area contributed by atoms with Crippen LogP contribution in [-0.4, -0.2) is 0 Å². The molecule has 0 amide bonds. The first kappa shape index (κ1) is 17.5. The van der Waals surface area contributed by atoms with Gasteiger partial charge in [-0.2, -0.15) is 0 Å². The van der Waals surface area contributed by atoms with Crippen molar-refractivity contribution in [1.82, 2.24) is 0 Å². The van der Waals surface area contributed by atoms with Crippen LogP contribution in [0.3, 0.4) is 0 Å². The molecule has 0 radical (unpaired) electrons. The van der Waals surface area contributed by atoms with Crippen LogP contribution < -0.4 is 5.73 Å². The minimum absolute atomic E-state index is 0.156. The molecule has 2 rings (SSSR count). The highest BCUT2D eigenvalue weighted by atomic mass is 79.9. The van der Waals surface area contributed by atoms with Crippen molar-refractivity contribution in [3.63, 3.8) is 0 Å². The van der Waals surface area contributed by atoms with E-state index in [1.807, 2.05) is 0 Å². The van der Waals surface area contributed by atoms with Crippen molar-refractivity contribution in [3.05, 3.63) is 32.2 Å². The zero-order valence-electron chi connectivity index (χ0n) is 13.2. The van der Waals surface area contributed by atoms with E-state index >= 15 is 0 Å². The van der Waals surface area contributed by atoms with Gasteiger partial charge in [0.25, 0.3) is 0 Å². The first-order valence-corrected chi connectivity index (χ1v) is 9.82. The van der Waals surface area contributed by atoms with E-state index in [4.69, 9.17) is 5.73 Å². The van der Waals surface area contributed by atoms with Crippen molar-refractivity contribution in [1.29, 1.82) is 0 Å². The number of nitrogens with two attached hydrogens (primary N) is 1. The Morgan fingerprint density at radius 3 is 2.43 bits per heavy atom. The lowest BCUT2D eigenvalue weighted by Crippen LogP contribution is -2.26. The maximum atomic E-state index is 6.58. The fraction of sp³-hybridized carbons (Fsp3) is 0.667. The molecule has 1 nitrogen and oxygen atoms in total. The number of hydrogen-bond donors (Lipinski definition) is 1. The highest BCUT2D eigenvalue weighted by Gasteiger charge is 2.27. The van der Waals surface area contributed by atoms with Gasteiger partial charge in [0.1, 0.15) is 0 Å². The third-order valence-corrected chi connectivity index (χ3v) is 6.54. The molecular formula is C18H27Br2N. The van der Waals surface area contributed by atoms with Crippen LogP contribution in [0, 0.1) is 18.8 Å².